The van der Waals surface area contributed by atoms with E-state index < -0.39 is 6.43 Å². The van der Waals surface area contributed by atoms with Crippen LogP contribution in [0.15, 0.2) is 24.3 Å². The van der Waals surface area contributed by atoms with Gasteiger partial charge in [0.05, 0.1) is 5.01 Å². The fourth-order valence-corrected chi connectivity index (χ4v) is 3.93. The molecule has 1 saturated carbocycles. The second-order valence-corrected chi connectivity index (χ2v) is 6.59. The van der Waals surface area contributed by atoms with Crippen molar-refractivity contribution in [1.29, 1.82) is 0 Å². The summed E-state index contributed by atoms with van der Waals surface area (Å²) < 4.78 is 25.6. The van der Waals surface area contributed by atoms with E-state index in [4.69, 9.17) is 5.73 Å². The van der Waals surface area contributed by atoms with Crippen molar-refractivity contribution in [2.75, 3.05) is 5.73 Å². The number of anilines is 1. The van der Waals surface area contributed by atoms with Gasteiger partial charge in [-0.15, -0.1) is 11.3 Å². The molecule has 1 aromatic carbocycles. The van der Waals surface area contributed by atoms with Gasteiger partial charge in [-0.2, -0.15) is 0 Å². The Balaban J connectivity index is 1.91. The van der Waals surface area contributed by atoms with Crippen LogP contribution >= 0.6 is 11.3 Å². The Morgan fingerprint density at radius 2 is 1.95 bits per heavy atom. The highest BCUT2D eigenvalue weighted by molar-refractivity contribution is 7.16. The molecule has 0 radical (unpaired) electrons. The average Bonchev–Trinajstić information content (AvgIpc) is 2.90. The number of nitrogen functional groups attached to an aromatic ring is 1. The van der Waals surface area contributed by atoms with Crippen LogP contribution in [-0.4, -0.2) is 4.98 Å². The molecule has 1 aliphatic rings. The molecule has 2 aromatic rings. The summed E-state index contributed by atoms with van der Waals surface area (Å²) in [5.74, 6) is 0.484. The largest absolute Gasteiger partial charge is 0.389 e. The SMILES string of the molecule is Nc1sc(C2CCCCC2)nc1-c1cccc(C(F)F)c1. The van der Waals surface area contributed by atoms with Crippen molar-refractivity contribution < 1.29 is 8.78 Å². The lowest BCUT2D eigenvalue weighted by Gasteiger charge is -2.18. The van der Waals surface area contributed by atoms with Crippen LogP contribution in [0, 0.1) is 0 Å². The minimum Gasteiger partial charge on any atom is -0.389 e. The van der Waals surface area contributed by atoms with Gasteiger partial charge in [-0.3, -0.25) is 0 Å². The second kappa shape index (κ2) is 6.10. The number of nitrogens with zero attached hydrogens (tertiary/aromatic N) is 1. The molecule has 2 nitrogen and oxygen atoms in total. The van der Waals surface area contributed by atoms with Crippen LogP contribution in [0.5, 0.6) is 0 Å². The number of alkyl halides is 2. The summed E-state index contributed by atoms with van der Waals surface area (Å²) in [6, 6.07) is 6.34. The summed E-state index contributed by atoms with van der Waals surface area (Å²) in [7, 11) is 0. The van der Waals surface area contributed by atoms with Gasteiger partial charge in [0, 0.05) is 17.0 Å². The normalized spacial score (nSPS) is 16.5. The molecule has 0 spiro atoms. The van der Waals surface area contributed by atoms with E-state index in [1.54, 1.807) is 12.1 Å². The third-order valence-electron chi connectivity index (χ3n) is 4.04. The Morgan fingerprint density at radius 1 is 1.19 bits per heavy atom. The van der Waals surface area contributed by atoms with Crippen LogP contribution in [0.1, 0.15) is 55.0 Å². The fraction of sp³-hybridized carbons (Fsp3) is 0.438. The van der Waals surface area contributed by atoms with Gasteiger partial charge >= 0.3 is 0 Å². The molecular formula is C16H18F2N2S. The maximum Gasteiger partial charge on any atom is 0.263 e. The first-order valence-corrected chi connectivity index (χ1v) is 8.11. The van der Waals surface area contributed by atoms with E-state index in [0.717, 1.165) is 17.8 Å². The lowest BCUT2D eigenvalue weighted by molar-refractivity contribution is 0.151. The van der Waals surface area contributed by atoms with Crippen molar-refractivity contribution in [3.8, 4) is 11.3 Å². The Bertz CT molecular complexity index is 618. The van der Waals surface area contributed by atoms with Crippen LogP contribution in [0.4, 0.5) is 13.8 Å². The van der Waals surface area contributed by atoms with E-state index in [1.165, 1.54) is 42.7 Å². The van der Waals surface area contributed by atoms with Crippen molar-refractivity contribution in [3.63, 3.8) is 0 Å². The van der Waals surface area contributed by atoms with Gasteiger partial charge in [0.15, 0.2) is 0 Å². The molecule has 1 aromatic heterocycles. The zero-order valence-corrected chi connectivity index (χ0v) is 12.5. The van der Waals surface area contributed by atoms with Crippen molar-refractivity contribution in [3.05, 3.63) is 34.8 Å². The van der Waals surface area contributed by atoms with Crippen LogP contribution in [-0.2, 0) is 0 Å². The molecule has 1 aliphatic carbocycles. The van der Waals surface area contributed by atoms with Crippen LogP contribution in [0.2, 0.25) is 0 Å². The maximum absolute atomic E-state index is 12.8. The monoisotopic (exact) mass is 308 g/mol. The lowest BCUT2D eigenvalue weighted by Crippen LogP contribution is -2.03. The summed E-state index contributed by atoms with van der Waals surface area (Å²) in [4.78, 5) is 4.65. The van der Waals surface area contributed by atoms with Gasteiger partial charge in [0.2, 0.25) is 0 Å². The van der Waals surface area contributed by atoms with E-state index in [9.17, 15) is 8.78 Å². The molecule has 0 amide bonds. The first kappa shape index (κ1) is 14.4. The Kier molecular flexibility index (Phi) is 4.19. The van der Waals surface area contributed by atoms with Crippen LogP contribution in [0.3, 0.4) is 0 Å². The van der Waals surface area contributed by atoms with Crippen molar-refractivity contribution >= 4 is 16.3 Å². The minimum absolute atomic E-state index is 0.0131. The molecule has 0 aliphatic heterocycles. The standard InChI is InChI=1S/C16H18F2N2S/c17-14(18)12-8-4-7-11(9-12)13-15(19)21-16(20-13)10-5-2-1-3-6-10/h4,7-10,14H,1-3,5-6,19H2. The van der Waals surface area contributed by atoms with Crippen molar-refractivity contribution in [1.82, 2.24) is 4.98 Å². The topological polar surface area (TPSA) is 38.9 Å². The third kappa shape index (κ3) is 3.07. The highest BCUT2D eigenvalue weighted by Crippen LogP contribution is 2.40. The maximum atomic E-state index is 12.8. The number of hydrogen-bond acceptors (Lipinski definition) is 3. The predicted molar refractivity (Wildman–Crippen MR) is 82.7 cm³/mol. The van der Waals surface area contributed by atoms with E-state index in [0.29, 0.717) is 22.2 Å². The molecule has 5 heteroatoms. The fourth-order valence-electron chi connectivity index (χ4n) is 2.90. The van der Waals surface area contributed by atoms with Gasteiger partial charge in [0.1, 0.15) is 10.7 Å². The quantitative estimate of drug-likeness (QED) is 0.827. The van der Waals surface area contributed by atoms with Crippen molar-refractivity contribution in [2.24, 2.45) is 0 Å². The van der Waals surface area contributed by atoms with Gasteiger partial charge in [-0.05, 0) is 18.9 Å². The summed E-state index contributed by atoms with van der Waals surface area (Å²) in [6.45, 7) is 0. The van der Waals surface area contributed by atoms with Gasteiger partial charge in [0.25, 0.3) is 6.43 Å². The van der Waals surface area contributed by atoms with Crippen molar-refractivity contribution in [2.45, 2.75) is 44.4 Å². The molecule has 0 unspecified atom stereocenters. The number of hydrogen-bond donors (Lipinski definition) is 1. The number of halogens is 2. The molecule has 0 atom stereocenters. The molecule has 1 heterocycles. The summed E-state index contributed by atoms with van der Waals surface area (Å²) in [5, 5.41) is 1.69. The number of nitrogens with two attached hydrogens (primary N) is 1. The zero-order chi connectivity index (χ0) is 14.8. The number of thiazole rings is 1. The highest BCUT2D eigenvalue weighted by atomic mass is 32.1. The lowest BCUT2D eigenvalue weighted by atomic mass is 9.90. The highest BCUT2D eigenvalue weighted by Gasteiger charge is 2.21. The Labute approximate surface area is 127 Å². The van der Waals surface area contributed by atoms with Crippen LogP contribution < -0.4 is 5.73 Å². The number of aromatic nitrogens is 1. The predicted octanol–water partition coefficient (Wildman–Crippen LogP) is 5.38. The molecule has 0 bridgehead atoms. The molecule has 112 valence electrons. The second-order valence-electron chi connectivity index (χ2n) is 5.53. The van der Waals surface area contributed by atoms with E-state index in [2.05, 4.69) is 4.98 Å². The van der Waals surface area contributed by atoms with Gasteiger partial charge in [-0.1, -0.05) is 37.5 Å². The van der Waals surface area contributed by atoms with Crippen LogP contribution in [0.25, 0.3) is 11.3 Å². The molecule has 3 rings (SSSR count). The van der Waals surface area contributed by atoms with E-state index >= 15 is 0 Å². The minimum atomic E-state index is -2.47. The van der Waals surface area contributed by atoms with Gasteiger partial charge < -0.3 is 5.73 Å². The van der Waals surface area contributed by atoms with E-state index in [-0.39, 0.29) is 5.56 Å². The summed E-state index contributed by atoms with van der Waals surface area (Å²) in [6.07, 6.45) is 3.61. The summed E-state index contributed by atoms with van der Waals surface area (Å²) in [5.41, 5.74) is 7.43. The molecular weight excluding hydrogens is 290 g/mol. The Morgan fingerprint density at radius 3 is 2.67 bits per heavy atom. The van der Waals surface area contributed by atoms with E-state index in [1.807, 2.05) is 0 Å². The third-order valence-corrected chi connectivity index (χ3v) is 5.08. The summed E-state index contributed by atoms with van der Waals surface area (Å²) >= 11 is 1.51. The smallest absolute Gasteiger partial charge is 0.263 e. The number of rotatable bonds is 3. The first-order chi connectivity index (χ1) is 10.1. The molecule has 2 N–H and O–H groups in total. The average molecular weight is 308 g/mol. The first-order valence-electron chi connectivity index (χ1n) is 7.30. The van der Waals surface area contributed by atoms with Gasteiger partial charge in [-0.25, -0.2) is 13.8 Å². The number of benzene rings is 1. The molecule has 0 saturated heterocycles. The molecule has 21 heavy (non-hydrogen) atoms. The molecule has 1 fully saturated rings. The zero-order valence-electron chi connectivity index (χ0n) is 11.7. The Hall–Kier alpha value is -1.49.